The summed E-state index contributed by atoms with van der Waals surface area (Å²) in [5, 5.41) is 9.93. The Balaban J connectivity index is 2.34. The van der Waals surface area contributed by atoms with Gasteiger partial charge in [-0.05, 0) is 33.0 Å². The topological polar surface area (TPSA) is 69.2 Å². The Morgan fingerprint density at radius 1 is 1.37 bits per heavy atom. The number of aliphatic hydroxyl groups excluding tert-OH is 1. The maximum absolute atomic E-state index is 11.9. The maximum atomic E-state index is 11.9. The van der Waals surface area contributed by atoms with Gasteiger partial charge >= 0.3 is 0 Å². The van der Waals surface area contributed by atoms with E-state index in [-0.39, 0.29) is 17.7 Å². The molecule has 2 aromatic rings. The van der Waals surface area contributed by atoms with Crippen LogP contribution in [0.1, 0.15) is 19.7 Å². The molecule has 0 aliphatic rings. The van der Waals surface area contributed by atoms with Gasteiger partial charge in [0.2, 0.25) is 0 Å². The molecule has 5 heteroatoms. The highest BCUT2D eigenvalue weighted by Gasteiger charge is 2.23. The van der Waals surface area contributed by atoms with E-state index in [0.717, 1.165) is 0 Å². The van der Waals surface area contributed by atoms with Gasteiger partial charge in [-0.25, -0.2) is 4.98 Å². The molecule has 0 radical (unpaired) electrons. The minimum absolute atomic E-state index is 0.0430. The van der Waals surface area contributed by atoms with E-state index in [2.05, 4.69) is 9.97 Å². The number of hydrogen-bond acceptors (Lipinski definition) is 4. The number of nitrogens with zero attached hydrogens (tertiary/aromatic N) is 2. The Hall–Kier alpha value is -1.72. The molecule has 0 saturated heterocycles. The SMILES string of the molecule is CN(Cc1nc2ccccc2c(=O)[nH]1)C(C)(C)CO. The van der Waals surface area contributed by atoms with Gasteiger partial charge in [-0.15, -0.1) is 0 Å². The maximum Gasteiger partial charge on any atom is 0.258 e. The first-order valence-electron chi connectivity index (χ1n) is 6.24. The Morgan fingerprint density at radius 2 is 2.05 bits per heavy atom. The van der Waals surface area contributed by atoms with E-state index in [1.54, 1.807) is 6.07 Å². The van der Waals surface area contributed by atoms with Gasteiger partial charge in [0.15, 0.2) is 0 Å². The van der Waals surface area contributed by atoms with Crippen molar-refractivity contribution in [1.29, 1.82) is 0 Å². The molecule has 102 valence electrons. The minimum atomic E-state index is -0.357. The highest BCUT2D eigenvalue weighted by Crippen LogP contribution is 2.14. The van der Waals surface area contributed by atoms with Gasteiger partial charge in [0.05, 0.1) is 24.1 Å². The van der Waals surface area contributed by atoms with Crippen LogP contribution in [0.5, 0.6) is 0 Å². The largest absolute Gasteiger partial charge is 0.394 e. The van der Waals surface area contributed by atoms with Crippen molar-refractivity contribution in [2.45, 2.75) is 25.9 Å². The number of para-hydroxylation sites is 1. The van der Waals surface area contributed by atoms with Crippen LogP contribution in [0.4, 0.5) is 0 Å². The van der Waals surface area contributed by atoms with Crippen molar-refractivity contribution in [2.75, 3.05) is 13.7 Å². The first-order valence-corrected chi connectivity index (χ1v) is 6.24. The lowest BCUT2D eigenvalue weighted by Gasteiger charge is -2.33. The lowest BCUT2D eigenvalue weighted by Crippen LogP contribution is -2.44. The normalized spacial score (nSPS) is 12.3. The molecule has 0 spiro atoms. The summed E-state index contributed by atoms with van der Waals surface area (Å²) in [4.78, 5) is 21.1. The quantitative estimate of drug-likeness (QED) is 0.865. The summed E-state index contributed by atoms with van der Waals surface area (Å²) in [5.74, 6) is 0.604. The predicted octanol–water partition coefficient (Wildman–Crippen LogP) is 1.13. The van der Waals surface area contributed by atoms with Crippen LogP contribution in [-0.2, 0) is 6.54 Å². The minimum Gasteiger partial charge on any atom is -0.394 e. The molecule has 0 saturated carbocycles. The third-order valence-corrected chi connectivity index (χ3v) is 3.47. The van der Waals surface area contributed by atoms with E-state index in [4.69, 9.17) is 0 Å². The fourth-order valence-corrected chi connectivity index (χ4v) is 1.77. The summed E-state index contributed by atoms with van der Waals surface area (Å²) < 4.78 is 0. The molecule has 19 heavy (non-hydrogen) atoms. The van der Waals surface area contributed by atoms with Crippen molar-refractivity contribution >= 4 is 10.9 Å². The van der Waals surface area contributed by atoms with Crippen LogP contribution in [0.15, 0.2) is 29.1 Å². The number of aliphatic hydroxyl groups is 1. The molecule has 1 heterocycles. The van der Waals surface area contributed by atoms with Gasteiger partial charge in [0.25, 0.3) is 5.56 Å². The van der Waals surface area contributed by atoms with Crippen LogP contribution in [-0.4, -0.2) is 39.2 Å². The summed E-state index contributed by atoms with van der Waals surface area (Å²) in [6, 6.07) is 7.26. The van der Waals surface area contributed by atoms with Crippen molar-refractivity contribution in [3.63, 3.8) is 0 Å². The van der Waals surface area contributed by atoms with E-state index in [1.807, 2.05) is 44.0 Å². The number of hydrogen-bond donors (Lipinski definition) is 2. The molecule has 0 atom stereocenters. The first kappa shape index (κ1) is 13.7. The lowest BCUT2D eigenvalue weighted by molar-refractivity contribution is 0.0714. The second-order valence-corrected chi connectivity index (χ2v) is 5.36. The first-order chi connectivity index (χ1) is 8.94. The molecular weight excluding hydrogens is 242 g/mol. The molecule has 2 N–H and O–H groups in total. The molecule has 5 nitrogen and oxygen atoms in total. The van der Waals surface area contributed by atoms with E-state index >= 15 is 0 Å². The molecule has 0 unspecified atom stereocenters. The Bertz CT molecular complexity index is 634. The predicted molar refractivity (Wildman–Crippen MR) is 75.0 cm³/mol. The average molecular weight is 261 g/mol. The van der Waals surface area contributed by atoms with Crippen molar-refractivity contribution in [1.82, 2.24) is 14.9 Å². The molecule has 0 fully saturated rings. The van der Waals surface area contributed by atoms with E-state index in [1.165, 1.54) is 0 Å². The summed E-state index contributed by atoms with van der Waals surface area (Å²) in [6.07, 6.45) is 0. The van der Waals surface area contributed by atoms with E-state index in [9.17, 15) is 9.90 Å². The highest BCUT2D eigenvalue weighted by molar-refractivity contribution is 5.77. The van der Waals surface area contributed by atoms with Crippen molar-refractivity contribution < 1.29 is 5.11 Å². The fourth-order valence-electron chi connectivity index (χ4n) is 1.77. The van der Waals surface area contributed by atoms with Crippen molar-refractivity contribution in [3.8, 4) is 0 Å². The zero-order chi connectivity index (χ0) is 14.0. The molecule has 0 aliphatic heterocycles. The number of nitrogens with one attached hydrogen (secondary N) is 1. The smallest absolute Gasteiger partial charge is 0.258 e. The highest BCUT2D eigenvalue weighted by atomic mass is 16.3. The number of benzene rings is 1. The zero-order valence-corrected chi connectivity index (χ0v) is 11.5. The molecule has 1 aromatic heterocycles. The molecular formula is C14H19N3O2. The van der Waals surface area contributed by atoms with Crippen LogP contribution >= 0.6 is 0 Å². The van der Waals surface area contributed by atoms with Crippen molar-refractivity contribution in [2.24, 2.45) is 0 Å². The third-order valence-electron chi connectivity index (χ3n) is 3.47. The van der Waals surface area contributed by atoms with Gasteiger partial charge in [-0.2, -0.15) is 0 Å². The number of fused-ring (bicyclic) bond motifs is 1. The number of aromatic amines is 1. The number of rotatable bonds is 4. The molecule has 1 aromatic carbocycles. The van der Waals surface area contributed by atoms with Gasteiger partial charge in [0, 0.05) is 5.54 Å². The fraction of sp³-hybridized carbons (Fsp3) is 0.429. The summed E-state index contributed by atoms with van der Waals surface area (Å²) in [5.41, 5.74) is 0.205. The number of aromatic nitrogens is 2. The number of likely N-dealkylation sites (N-methyl/N-ethyl adjacent to an activating group) is 1. The summed E-state index contributed by atoms with van der Waals surface area (Å²) in [6.45, 7) is 4.40. The molecule has 2 rings (SSSR count). The zero-order valence-electron chi connectivity index (χ0n) is 11.5. The standard InChI is InChI=1S/C14H19N3O2/c1-14(2,9-18)17(3)8-12-15-11-7-5-4-6-10(11)13(19)16-12/h4-7,18H,8-9H2,1-3H3,(H,15,16,19). The third kappa shape index (κ3) is 2.83. The summed E-state index contributed by atoms with van der Waals surface area (Å²) in [7, 11) is 1.89. The second kappa shape index (κ2) is 5.11. The van der Waals surface area contributed by atoms with Crippen LogP contribution in [0.2, 0.25) is 0 Å². The van der Waals surface area contributed by atoms with Gasteiger partial charge in [-0.1, -0.05) is 12.1 Å². The second-order valence-electron chi connectivity index (χ2n) is 5.36. The Labute approximate surface area is 111 Å². The molecule has 0 bridgehead atoms. The Morgan fingerprint density at radius 3 is 2.74 bits per heavy atom. The van der Waals surface area contributed by atoms with E-state index in [0.29, 0.717) is 23.3 Å². The van der Waals surface area contributed by atoms with Crippen LogP contribution in [0, 0.1) is 0 Å². The van der Waals surface area contributed by atoms with Crippen LogP contribution in [0.3, 0.4) is 0 Å². The van der Waals surface area contributed by atoms with E-state index < -0.39 is 0 Å². The van der Waals surface area contributed by atoms with Crippen LogP contribution < -0.4 is 5.56 Å². The summed E-state index contributed by atoms with van der Waals surface area (Å²) >= 11 is 0. The molecule has 0 amide bonds. The monoisotopic (exact) mass is 261 g/mol. The van der Waals surface area contributed by atoms with Gasteiger partial charge in [0.1, 0.15) is 5.82 Å². The average Bonchev–Trinajstić information content (AvgIpc) is 2.38. The number of H-pyrrole nitrogens is 1. The Kier molecular flexibility index (Phi) is 3.68. The lowest BCUT2D eigenvalue weighted by atomic mass is 10.1. The van der Waals surface area contributed by atoms with Gasteiger partial charge in [-0.3, -0.25) is 9.69 Å². The van der Waals surface area contributed by atoms with Crippen LogP contribution in [0.25, 0.3) is 10.9 Å². The molecule has 0 aliphatic carbocycles. The van der Waals surface area contributed by atoms with Gasteiger partial charge < -0.3 is 10.1 Å². The van der Waals surface area contributed by atoms with Crippen molar-refractivity contribution in [3.05, 3.63) is 40.4 Å².